The monoisotopic (exact) mass is 174 g/mol. The molecule has 0 saturated heterocycles. The van der Waals surface area contributed by atoms with Crippen LogP contribution in [0.15, 0.2) is 0 Å². The van der Waals surface area contributed by atoms with Gasteiger partial charge in [-0.2, -0.15) is 0 Å². The predicted molar refractivity (Wildman–Crippen MR) is 44.7 cm³/mol. The van der Waals surface area contributed by atoms with Gasteiger partial charge in [0.15, 0.2) is 0 Å². The molecule has 0 fully saturated rings. The smallest absolute Gasteiger partial charge is 0.454 e. The van der Waals surface area contributed by atoms with Crippen molar-refractivity contribution in [3.8, 4) is 0 Å². The molecule has 0 rings (SSSR count). The van der Waals surface area contributed by atoms with E-state index in [0.29, 0.717) is 6.61 Å². The largest absolute Gasteiger partial charge is 0.490 e. The molecule has 1 atom stereocenters. The minimum Gasteiger partial charge on any atom is -0.490 e. The fraction of sp³-hybridized carbons (Fsp3) is 0.857. The van der Waals surface area contributed by atoms with Crippen LogP contribution in [0.3, 0.4) is 0 Å². The van der Waals surface area contributed by atoms with Crippen LogP contribution in [0.1, 0.15) is 13.8 Å². The van der Waals surface area contributed by atoms with E-state index in [-0.39, 0.29) is 12.1 Å². The summed E-state index contributed by atoms with van der Waals surface area (Å²) in [5, 5.41) is 0. The molecular weight excluding hydrogens is 159 g/mol. The minimum absolute atomic E-state index is 0.256. The zero-order valence-electron chi connectivity index (χ0n) is 7.59. The Kier molecular flexibility index (Phi) is 5.57. The van der Waals surface area contributed by atoms with Gasteiger partial charge in [-0.3, -0.25) is 0 Å². The van der Waals surface area contributed by atoms with Gasteiger partial charge in [0.2, 0.25) is 0 Å². The highest BCUT2D eigenvalue weighted by atomic mass is 27.2. The third-order valence-corrected chi connectivity index (χ3v) is 2.05. The van der Waals surface area contributed by atoms with Gasteiger partial charge in [0, 0.05) is 0 Å². The SMILES string of the molecule is CCOC(=O)C(C)[O][Al]([CH3])[CH3]. The molecule has 0 amide bonds. The normalized spacial score (nSPS) is 12.4. The van der Waals surface area contributed by atoms with Gasteiger partial charge in [-0.05, 0) is 13.8 Å². The van der Waals surface area contributed by atoms with Gasteiger partial charge in [0.05, 0.1) is 6.61 Å². The van der Waals surface area contributed by atoms with Gasteiger partial charge >= 0.3 is 20.5 Å². The van der Waals surface area contributed by atoms with Crippen molar-refractivity contribution in [2.45, 2.75) is 31.5 Å². The Hall–Kier alpha value is -0.0375. The Morgan fingerprint density at radius 3 is 2.45 bits per heavy atom. The van der Waals surface area contributed by atoms with Crippen molar-refractivity contribution < 1.29 is 13.3 Å². The van der Waals surface area contributed by atoms with Crippen LogP contribution in [-0.4, -0.2) is 33.2 Å². The number of esters is 1. The first-order valence-corrected chi connectivity index (χ1v) is 6.68. The number of ether oxygens (including phenoxy) is 1. The van der Waals surface area contributed by atoms with E-state index >= 15 is 0 Å². The lowest BCUT2D eigenvalue weighted by atomic mass is 10.4. The summed E-state index contributed by atoms with van der Waals surface area (Å²) in [5.41, 5.74) is 0. The molecule has 0 aromatic rings. The lowest BCUT2D eigenvalue weighted by Crippen LogP contribution is -2.27. The van der Waals surface area contributed by atoms with Crippen LogP contribution in [0.2, 0.25) is 11.6 Å². The summed E-state index contributed by atoms with van der Waals surface area (Å²) in [7, 11) is 0. The Balaban J connectivity index is 3.64. The highest BCUT2D eigenvalue weighted by Gasteiger charge is 2.17. The van der Waals surface area contributed by atoms with Crippen molar-refractivity contribution in [1.82, 2.24) is 0 Å². The molecule has 0 aliphatic heterocycles. The van der Waals surface area contributed by atoms with Gasteiger partial charge in [-0.1, -0.05) is 11.6 Å². The van der Waals surface area contributed by atoms with Crippen molar-refractivity contribution in [2.24, 2.45) is 0 Å². The Morgan fingerprint density at radius 2 is 2.09 bits per heavy atom. The Labute approximate surface area is 72.4 Å². The van der Waals surface area contributed by atoms with Crippen LogP contribution in [0, 0.1) is 0 Å². The van der Waals surface area contributed by atoms with Crippen molar-refractivity contribution in [1.29, 1.82) is 0 Å². The highest BCUT2D eigenvalue weighted by molar-refractivity contribution is 6.48. The molecule has 0 heterocycles. The third-order valence-electron chi connectivity index (χ3n) is 1.09. The molecule has 0 aromatic carbocycles. The van der Waals surface area contributed by atoms with E-state index in [1.807, 2.05) is 11.6 Å². The maximum Gasteiger partial charge on any atom is 0.454 e. The number of hydrogen-bond acceptors (Lipinski definition) is 3. The second-order valence-electron chi connectivity index (χ2n) is 2.58. The highest BCUT2D eigenvalue weighted by Crippen LogP contribution is 1.97. The molecular formula is C7H15AlO3. The number of hydrogen-bond donors (Lipinski definition) is 0. The van der Waals surface area contributed by atoms with E-state index in [9.17, 15) is 4.79 Å². The fourth-order valence-corrected chi connectivity index (χ4v) is 1.65. The van der Waals surface area contributed by atoms with E-state index in [1.165, 1.54) is 0 Å². The quantitative estimate of drug-likeness (QED) is 0.474. The summed E-state index contributed by atoms with van der Waals surface area (Å²) in [6.07, 6.45) is -0.387. The number of rotatable bonds is 4. The molecule has 0 saturated carbocycles. The minimum atomic E-state index is -1.11. The molecule has 0 radical (unpaired) electrons. The molecule has 0 N–H and O–H groups in total. The molecule has 0 bridgehead atoms. The lowest BCUT2D eigenvalue weighted by Gasteiger charge is -2.13. The molecule has 4 heteroatoms. The van der Waals surface area contributed by atoms with E-state index in [0.717, 1.165) is 0 Å². The van der Waals surface area contributed by atoms with E-state index in [4.69, 9.17) is 8.53 Å². The van der Waals surface area contributed by atoms with Crippen molar-refractivity contribution in [3.05, 3.63) is 0 Å². The van der Waals surface area contributed by atoms with Crippen LogP contribution in [0.25, 0.3) is 0 Å². The fourth-order valence-electron chi connectivity index (χ4n) is 0.723. The number of carbonyl (C=O) groups excluding carboxylic acids is 1. The standard InChI is InChI=1S/C5H9O3.2CH3.Al/c1-3-8-5(7)4(2)6;;;/h4H,3H2,1-2H3;2*1H3;/q-1;;;+1. The summed E-state index contributed by atoms with van der Waals surface area (Å²) in [5.74, 6) is 3.79. The lowest BCUT2D eigenvalue weighted by molar-refractivity contribution is -0.150. The first kappa shape index (κ1) is 11.0. The average molecular weight is 174 g/mol. The second-order valence-corrected chi connectivity index (χ2v) is 4.95. The van der Waals surface area contributed by atoms with Gasteiger partial charge in [-0.25, -0.2) is 4.79 Å². The summed E-state index contributed by atoms with van der Waals surface area (Å²) in [6, 6.07) is 0. The molecule has 64 valence electrons. The maximum atomic E-state index is 11.0. The molecule has 0 aliphatic carbocycles. The number of carbonyl (C=O) groups is 1. The molecule has 0 aromatic heterocycles. The van der Waals surface area contributed by atoms with Gasteiger partial charge in [0.25, 0.3) is 0 Å². The van der Waals surface area contributed by atoms with E-state index in [2.05, 4.69) is 0 Å². The van der Waals surface area contributed by atoms with E-state index < -0.39 is 14.5 Å². The molecule has 0 spiro atoms. The average Bonchev–Trinajstić information content (AvgIpc) is 1.86. The maximum absolute atomic E-state index is 11.0. The zero-order chi connectivity index (χ0) is 8.85. The third kappa shape index (κ3) is 5.26. The van der Waals surface area contributed by atoms with Gasteiger partial charge in [-0.15, -0.1) is 0 Å². The van der Waals surface area contributed by atoms with Crippen molar-refractivity contribution in [2.75, 3.05) is 6.61 Å². The first-order valence-electron chi connectivity index (χ1n) is 3.90. The first-order chi connectivity index (χ1) is 5.07. The van der Waals surface area contributed by atoms with Crippen LogP contribution >= 0.6 is 0 Å². The second kappa shape index (κ2) is 5.59. The summed E-state index contributed by atoms with van der Waals surface area (Å²) < 4.78 is 10.1. The van der Waals surface area contributed by atoms with Crippen molar-refractivity contribution >= 4 is 20.5 Å². The predicted octanol–water partition coefficient (Wildman–Crippen LogP) is 1.21. The van der Waals surface area contributed by atoms with Crippen molar-refractivity contribution in [3.63, 3.8) is 0 Å². The van der Waals surface area contributed by atoms with Gasteiger partial charge < -0.3 is 8.53 Å². The summed E-state index contributed by atoms with van der Waals surface area (Å²) >= 11 is -1.11. The Bertz CT molecular complexity index is 125. The molecule has 0 aliphatic rings. The van der Waals surface area contributed by atoms with Crippen LogP contribution in [-0.2, 0) is 13.3 Å². The Morgan fingerprint density at radius 1 is 1.55 bits per heavy atom. The van der Waals surface area contributed by atoms with E-state index in [1.54, 1.807) is 13.8 Å². The summed E-state index contributed by atoms with van der Waals surface area (Å²) in [4.78, 5) is 11.0. The summed E-state index contributed by atoms with van der Waals surface area (Å²) in [6.45, 7) is 3.94. The zero-order valence-corrected chi connectivity index (χ0v) is 8.74. The van der Waals surface area contributed by atoms with Gasteiger partial charge in [0.1, 0.15) is 6.10 Å². The topological polar surface area (TPSA) is 35.5 Å². The van der Waals surface area contributed by atoms with Crippen LogP contribution in [0.5, 0.6) is 0 Å². The van der Waals surface area contributed by atoms with Crippen LogP contribution in [0.4, 0.5) is 0 Å². The molecule has 11 heavy (non-hydrogen) atoms. The molecule has 3 nitrogen and oxygen atoms in total. The van der Waals surface area contributed by atoms with Crippen LogP contribution < -0.4 is 0 Å². The molecule has 1 unspecified atom stereocenters.